The van der Waals surface area contributed by atoms with Crippen LogP contribution in [0.4, 0.5) is 30.2 Å². The van der Waals surface area contributed by atoms with Gasteiger partial charge in [-0.05, 0) is 31.2 Å². The van der Waals surface area contributed by atoms with Crippen molar-refractivity contribution in [3.05, 3.63) is 70.5 Å². The second-order valence-corrected chi connectivity index (χ2v) is 8.01. The molecule has 1 atom stereocenters. The lowest BCUT2D eigenvalue weighted by atomic mass is 10.1. The molecule has 178 valence electrons. The Hall–Kier alpha value is -3.73. The van der Waals surface area contributed by atoms with Gasteiger partial charge in [-0.2, -0.15) is 13.2 Å². The second kappa shape index (κ2) is 9.26. The van der Waals surface area contributed by atoms with Crippen molar-refractivity contribution in [3.8, 4) is 0 Å². The number of para-hydroxylation sites is 1. The van der Waals surface area contributed by atoms with Gasteiger partial charge in [0, 0.05) is 55.7 Å². The maximum Gasteiger partial charge on any atom is 0.418 e. The number of nitrogens with one attached hydrogen (secondary N) is 1. The number of hydrogen-bond acceptors (Lipinski definition) is 6. The number of nitrogens with zero attached hydrogens (tertiary/aromatic N) is 4. The average molecular weight is 473 g/mol. The highest BCUT2D eigenvalue weighted by molar-refractivity contribution is 5.99. The van der Waals surface area contributed by atoms with Gasteiger partial charge in [0.15, 0.2) is 0 Å². The maximum atomic E-state index is 13.2. The van der Waals surface area contributed by atoms with E-state index in [-0.39, 0.29) is 11.4 Å². The lowest BCUT2D eigenvalue weighted by Crippen LogP contribution is -2.53. The SMILES string of the molecule is C[C@@H](C(=O)Nc1ccccc1C(F)(F)F)N1CCN(c2ccc([N+](=O)[O-])c3cnccc23)CC1. The molecule has 11 heteroatoms. The van der Waals surface area contributed by atoms with Crippen molar-refractivity contribution >= 4 is 33.7 Å². The average Bonchev–Trinajstić information content (AvgIpc) is 2.82. The summed E-state index contributed by atoms with van der Waals surface area (Å²) in [7, 11) is 0. The minimum absolute atomic E-state index is 0.0186. The third-order valence-corrected chi connectivity index (χ3v) is 6.04. The normalized spacial score (nSPS) is 15.8. The summed E-state index contributed by atoms with van der Waals surface area (Å²) >= 11 is 0. The fraction of sp³-hybridized carbons (Fsp3) is 0.304. The van der Waals surface area contributed by atoms with Gasteiger partial charge in [0.1, 0.15) is 0 Å². The van der Waals surface area contributed by atoms with Crippen LogP contribution in [0.25, 0.3) is 10.8 Å². The van der Waals surface area contributed by atoms with E-state index in [1.54, 1.807) is 25.3 Å². The molecule has 1 saturated heterocycles. The largest absolute Gasteiger partial charge is 0.418 e. The number of rotatable bonds is 5. The molecule has 0 bridgehead atoms. The molecule has 1 aliphatic rings. The van der Waals surface area contributed by atoms with Crippen LogP contribution in [0.1, 0.15) is 12.5 Å². The van der Waals surface area contributed by atoms with Crippen LogP contribution in [0.3, 0.4) is 0 Å². The van der Waals surface area contributed by atoms with Gasteiger partial charge in [-0.15, -0.1) is 0 Å². The topological polar surface area (TPSA) is 91.6 Å². The molecule has 0 aliphatic carbocycles. The zero-order valence-electron chi connectivity index (χ0n) is 18.2. The molecular formula is C23H22F3N5O3. The van der Waals surface area contributed by atoms with Crippen molar-refractivity contribution in [2.24, 2.45) is 0 Å². The highest BCUT2D eigenvalue weighted by Gasteiger charge is 2.34. The molecule has 1 fully saturated rings. The fourth-order valence-electron chi connectivity index (χ4n) is 4.19. The van der Waals surface area contributed by atoms with E-state index in [0.29, 0.717) is 37.0 Å². The molecule has 0 spiro atoms. The molecule has 3 aromatic rings. The summed E-state index contributed by atoms with van der Waals surface area (Å²) in [5.74, 6) is -0.517. The van der Waals surface area contributed by atoms with Crippen molar-refractivity contribution in [1.82, 2.24) is 9.88 Å². The maximum absolute atomic E-state index is 13.2. The Morgan fingerprint density at radius 3 is 2.47 bits per heavy atom. The number of non-ortho nitro benzene ring substituents is 1. The molecule has 8 nitrogen and oxygen atoms in total. The van der Waals surface area contributed by atoms with Gasteiger partial charge >= 0.3 is 6.18 Å². The number of carbonyl (C=O) groups excluding carboxylic acids is 1. The van der Waals surface area contributed by atoms with Crippen molar-refractivity contribution < 1.29 is 22.9 Å². The minimum atomic E-state index is -4.57. The van der Waals surface area contributed by atoms with Gasteiger partial charge in [-0.1, -0.05) is 12.1 Å². The first kappa shape index (κ1) is 23.4. The summed E-state index contributed by atoms with van der Waals surface area (Å²) in [6.45, 7) is 3.75. The predicted molar refractivity (Wildman–Crippen MR) is 122 cm³/mol. The summed E-state index contributed by atoms with van der Waals surface area (Å²) < 4.78 is 39.7. The number of fused-ring (bicyclic) bond motifs is 1. The Morgan fingerprint density at radius 1 is 1.09 bits per heavy atom. The Balaban J connectivity index is 1.45. The number of pyridine rings is 1. The third kappa shape index (κ3) is 4.65. The van der Waals surface area contributed by atoms with Crippen LogP contribution in [0.5, 0.6) is 0 Å². The molecular weight excluding hydrogens is 451 g/mol. The van der Waals surface area contributed by atoms with Crippen LogP contribution in [0.2, 0.25) is 0 Å². The Kier molecular flexibility index (Phi) is 6.38. The lowest BCUT2D eigenvalue weighted by Gasteiger charge is -2.39. The van der Waals surface area contributed by atoms with Gasteiger partial charge in [-0.25, -0.2) is 0 Å². The molecule has 34 heavy (non-hydrogen) atoms. The van der Waals surface area contributed by atoms with Crippen LogP contribution >= 0.6 is 0 Å². The zero-order valence-corrected chi connectivity index (χ0v) is 18.2. The Morgan fingerprint density at radius 2 is 1.79 bits per heavy atom. The molecule has 2 heterocycles. The zero-order chi connectivity index (χ0) is 24.5. The first-order valence-corrected chi connectivity index (χ1v) is 10.6. The van der Waals surface area contributed by atoms with Crippen LogP contribution in [-0.4, -0.2) is 52.9 Å². The number of amides is 1. The number of anilines is 2. The molecule has 0 radical (unpaired) electrons. The van der Waals surface area contributed by atoms with E-state index in [9.17, 15) is 28.1 Å². The van der Waals surface area contributed by atoms with E-state index < -0.39 is 28.6 Å². The van der Waals surface area contributed by atoms with E-state index in [4.69, 9.17) is 0 Å². The lowest BCUT2D eigenvalue weighted by molar-refractivity contribution is -0.383. The van der Waals surface area contributed by atoms with Gasteiger partial charge < -0.3 is 10.2 Å². The van der Waals surface area contributed by atoms with Crippen LogP contribution in [0, 0.1) is 10.1 Å². The Labute approximate surface area is 193 Å². The molecule has 4 rings (SSSR count). The van der Waals surface area contributed by atoms with E-state index >= 15 is 0 Å². The number of nitro groups is 1. The minimum Gasteiger partial charge on any atom is -0.368 e. The highest BCUT2D eigenvalue weighted by atomic mass is 19.4. The van der Waals surface area contributed by atoms with Crippen LogP contribution < -0.4 is 10.2 Å². The monoisotopic (exact) mass is 473 g/mol. The molecule has 1 N–H and O–H groups in total. The molecule has 0 unspecified atom stereocenters. The molecule has 2 aromatic carbocycles. The van der Waals surface area contributed by atoms with E-state index in [1.807, 2.05) is 4.90 Å². The summed E-state index contributed by atoms with van der Waals surface area (Å²) in [6, 6.07) is 9.15. The first-order valence-electron chi connectivity index (χ1n) is 10.6. The van der Waals surface area contributed by atoms with Gasteiger partial charge in [0.2, 0.25) is 5.91 Å². The second-order valence-electron chi connectivity index (χ2n) is 8.01. The van der Waals surface area contributed by atoms with Crippen molar-refractivity contribution in [2.45, 2.75) is 19.1 Å². The van der Waals surface area contributed by atoms with Gasteiger partial charge in [-0.3, -0.25) is 24.8 Å². The van der Waals surface area contributed by atoms with E-state index in [0.717, 1.165) is 11.8 Å². The molecule has 1 aliphatic heterocycles. The molecule has 1 amide bonds. The number of benzene rings is 2. The number of hydrogen-bond donors (Lipinski definition) is 1. The summed E-state index contributed by atoms with van der Waals surface area (Å²) in [4.78, 5) is 31.6. The molecule has 1 aromatic heterocycles. The highest BCUT2D eigenvalue weighted by Crippen LogP contribution is 2.35. The summed E-state index contributed by atoms with van der Waals surface area (Å²) in [5.41, 5.74) is -0.342. The standard InChI is InChI=1S/C23H22F3N5O3/c1-15(22(32)28-19-5-3-2-4-18(19)23(24,25)26)29-10-12-30(13-11-29)20-6-7-21(31(33)34)17-14-27-9-8-16(17)20/h2-9,14-15H,10-13H2,1H3,(H,28,32)/t15-/m0/s1. The van der Waals surface area contributed by atoms with Crippen LogP contribution in [-0.2, 0) is 11.0 Å². The Bertz CT molecular complexity index is 1230. The number of alkyl halides is 3. The van der Waals surface area contributed by atoms with Crippen molar-refractivity contribution in [2.75, 3.05) is 36.4 Å². The quantitative estimate of drug-likeness (QED) is 0.439. The third-order valence-electron chi connectivity index (χ3n) is 6.04. The smallest absolute Gasteiger partial charge is 0.368 e. The fourth-order valence-corrected chi connectivity index (χ4v) is 4.19. The van der Waals surface area contributed by atoms with E-state index in [2.05, 4.69) is 15.2 Å². The van der Waals surface area contributed by atoms with Gasteiger partial charge in [0.05, 0.1) is 27.6 Å². The van der Waals surface area contributed by atoms with Crippen molar-refractivity contribution in [3.63, 3.8) is 0 Å². The summed E-state index contributed by atoms with van der Waals surface area (Å²) in [6.07, 6.45) is -1.52. The summed E-state index contributed by atoms with van der Waals surface area (Å²) in [5, 5.41) is 14.9. The number of piperazine rings is 1. The van der Waals surface area contributed by atoms with Crippen LogP contribution in [0.15, 0.2) is 54.9 Å². The van der Waals surface area contributed by atoms with Crippen molar-refractivity contribution in [1.29, 1.82) is 0 Å². The predicted octanol–water partition coefficient (Wildman–Crippen LogP) is 4.31. The molecule has 0 saturated carbocycles. The first-order chi connectivity index (χ1) is 16.2. The van der Waals surface area contributed by atoms with Gasteiger partial charge in [0.25, 0.3) is 5.69 Å². The number of carbonyl (C=O) groups is 1. The number of nitro benzene ring substituents is 1. The number of aromatic nitrogens is 1. The number of halogens is 3. The van der Waals surface area contributed by atoms with E-state index in [1.165, 1.54) is 30.5 Å².